The van der Waals surface area contributed by atoms with E-state index in [0.717, 1.165) is 26.7 Å². The third-order valence-electron chi connectivity index (χ3n) is 4.99. The number of hydrogen-bond donors (Lipinski definition) is 0. The molecule has 4 rings (SSSR count). The monoisotopic (exact) mass is 455 g/mol. The Labute approximate surface area is 186 Å². The first-order valence-corrected chi connectivity index (χ1v) is 11.2. The zero-order chi connectivity index (χ0) is 22.1. The molecular formula is C23H18FNO4S2. The highest BCUT2D eigenvalue weighted by Gasteiger charge is 2.38. The summed E-state index contributed by atoms with van der Waals surface area (Å²) in [7, 11) is 1.22. The number of benzene rings is 2. The van der Waals surface area contributed by atoms with Crippen molar-refractivity contribution in [3.8, 4) is 0 Å². The zero-order valence-electron chi connectivity index (χ0n) is 16.8. The zero-order valence-corrected chi connectivity index (χ0v) is 18.4. The minimum Gasteiger partial charge on any atom is -0.465 e. The summed E-state index contributed by atoms with van der Waals surface area (Å²) in [6, 6.07) is 14.2. The third kappa shape index (κ3) is 4.00. The van der Waals surface area contributed by atoms with E-state index in [9.17, 15) is 18.8 Å². The van der Waals surface area contributed by atoms with E-state index in [-0.39, 0.29) is 27.8 Å². The van der Waals surface area contributed by atoms with Gasteiger partial charge in [0.25, 0.3) is 5.91 Å². The molecule has 158 valence electrons. The highest BCUT2D eigenvalue weighted by atomic mass is 32.2. The largest absolute Gasteiger partial charge is 0.465 e. The van der Waals surface area contributed by atoms with Crippen LogP contribution in [0.2, 0.25) is 0 Å². The summed E-state index contributed by atoms with van der Waals surface area (Å²) in [6.07, 6.45) is -0.0915. The second-order valence-corrected chi connectivity index (χ2v) is 9.25. The molecule has 0 saturated carbocycles. The van der Waals surface area contributed by atoms with E-state index >= 15 is 0 Å². The standard InChI is InChI=1S/C23H18FNO4S2/c1-13(14-6-4-3-5-7-14)31-16-8-9-17(24)18(11-16)25-19(26)10-15-12-30-21(23(28)29-2)20(15)22(25)27/h3-9,11-13H,10H2,1-2H3. The summed E-state index contributed by atoms with van der Waals surface area (Å²) in [6.45, 7) is 2.03. The summed E-state index contributed by atoms with van der Waals surface area (Å²) >= 11 is 2.54. The van der Waals surface area contributed by atoms with Crippen LogP contribution in [0.15, 0.2) is 58.8 Å². The number of imide groups is 1. The Morgan fingerprint density at radius 3 is 2.65 bits per heavy atom. The van der Waals surface area contributed by atoms with Crippen molar-refractivity contribution in [2.45, 2.75) is 23.5 Å². The first-order valence-electron chi connectivity index (χ1n) is 9.47. The minimum absolute atomic E-state index is 0.0849. The maximum Gasteiger partial charge on any atom is 0.348 e. The van der Waals surface area contributed by atoms with Crippen molar-refractivity contribution < 1.29 is 23.5 Å². The lowest BCUT2D eigenvalue weighted by atomic mass is 10.0. The van der Waals surface area contributed by atoms with Gasteiger partial charge in [-0.2, -0.15) is 0 Å². The van der Waals surface area contributed by atoms with Crippen molar-refractivity contribution in [1.29, 1.82) is 0 Å². The van der Waals surface area contributed by atoms with Crippen LogP contribution in [0.25, 0.3) is 0 Å². The first-order chi connectivity index (χ1) is 14.9. The van der Waals surface area contributed by atoms with Gasteiger partial charge in [0.05, 0.1) is 24.8 Å². The molecule has 0 N–H and O–H groups in total. The fourth-order valence-electron chi connectivity index (χ4n) is 3.45. The van der Waals surface area contributed by atoms with Crippen LogP contribution in [-0.4, -0.2) is 24.9 Å². The van der Waals surface area contributed by atoms with Gasteiger partial charge in [0, 0.05) is 10.1 Å². The van der Waals surface area contributed by atoms with Gasteiger partial charge in [0.2, 0.25) is 5.91 Å². The summed E-state index contributed by atoms with van der Waals surface area (Å²) in [5.74, 6) is -2.60. The molecule has 1 aromatic heterocycles. The van der Waals surface area contributed by atoms with Gasteiger partial charge in [-0.1, -0.05) is 30.3 Å². The lowest BCUT2D eigenvalue weighted by Gasteiger charge is -2.26. The van der Waals surface area contributed by atoms with Gasteiger partial charge < -0.3 is 4.74 Å². The van der Waals surface area contributed by atoms with Crippen LogP contribution in [-0.2, 0) is 16.0 Å². The van der Waals surface area contributed by atoms with Gasteiger partial charge in [0.1, 0.15) is 10.7 Å². The Morgan fingerprint density at radius 2 is 1.94 bits per heavy atom. The van der Waals surface area contributed by atoms with Crippen LogP contribution < -0.4 is 4.90 Å². The SMILES string of the molecule is COC(=O)c1scc2c1C(=O)N(c1cc(SC(C)c3ccccc3)ccc1F)C(=O)C2. The lowest BCUT2D eigenvalue weighted by molar-refractivity contribution is -0.117. The van der Waals surface area contributed by atoms with Gasteiger partial charge in [-0.15, -0.1) is 23.1 Å². The Morgan fingerprint density at radius 1 is 1.19 bits per heavy atom. The van der Waals surface area contributed by atoms with Crippen molar-refractivity contribution in [3.63, 3.8) is 0 Å². The molecule has 1 aliphatic heterocycles. The number of fused-ring (bicyclic) bond motifs is 1. The van der Waals surface area contributed by atoms with Crippen LogP contribution in [0.4, 0.5) is 10.1 Å². The van der Waals surface area contributed by atoms with E-state index < -0.39 is 23.6 Å². The topological polar surface area (TPSA) is 63.7 Å². The van der Waals surface area contributed by atoms with Gasteiger partial charge >= 0.3 is 5.97 Å². The number of halogens is 1. The van der Waals surface area contributed by atoms with Crippen molar-refractivity contribution in [2.75, 3.05) is 12.0 Å². The molecule has 1 atom stereocenters. The number of rotatable bonds is 5. The van der Waals surface area contributed by atoms with Crippen LogP contribution in [0.5, 0.6) is 0 Å². The van der Waals surface area contributed by atoms with E-state index in [1.54, 1.807) is 11.4 Å². The number of carbonyl (C=O) groups excluding carboxylic acids is 3. The van der Waals surface area contributed by atoms with Crippen LogP contribution in [0, 0.1) is 5.82 Å². The smallest absolute Gasteiger partial charge is 0.348 e. The molecule has 0 aliphatic carbocycles. The number of amides is 2. The predicted molar refractivity (Wildman–Crippen MR) is 118 cm³/mol. The molecule has 3 aromatic rings. The van der Waals surface area contributed by atoms with Crippen molar-refractivity contribution in [2.24, 2.45) is 0 Å². The number of esters is 1. The van der Waals surface area contributed by atoms with Crippen LogP contribution in [0.3, 0.4) is 0 Å². The van der Waals surface area contributed by atoms with Gasteiger partial charge in [-0.3, -0.25) is 9.59 Å². The fraction of sp³-hybridized carbons (Fsp3) is 0.174. The molecule has 2 heterocycles. The lowest BCUT2D eigenvalue weighted by Crippen LogP contribution is -2.43. The number of thioether (sulfide) groups is 1. The summed E-state index contributed by atoms with van der Waals surface area (Å²) in [5, 5.41) is 1.68. The molecule has 0 spiro atoms. The van der Waals surface area contributed by atoms with E-state index in [0.29, 0.717) is 5.56 Å². The third-order valence-corrected chi connectivity index (χ3v) is 7.15. The number of anilines is 1. The molecule has 31 heavy (non-hydrogen) atoms. The number of thiophene rings is 1. The average Bonchev–Trinajstić information content (AvgIpc) is 3.20. The maximum absolute atomic E-state index is 14.7. The van der Waals surface area contributed by atoms with Gasteiger partial charge in [-0.25, -0.2) is 14.1 Å². The molecular weight excluding hydrogens is 437 g/mol. The van der Waals surface area contributed by atoms with Crippen molar-refractivity contribution in [1.82, 2.24) is 0 Å². The van der Waals surface area contributed by atoms with E-state index in [2.05, 4.69) is 0 Å². The van der Waals surface area contributed by atoms with Gasteiger partial charge in [-0.05, 0) is 41.6 Å². The molecule has 0 radical (unpaired) electrons. The van der Waals surface area contributed by atoms with Gasteiger partial charge in [0.15, 0.2) is 0 Å². The van der Waals surface area contributed by atoms with E-state index in [1.807, 2.05) is 37.3 Å². The average molecular weight is 456 g/mol. The summed E-state index contributed by atoms with van der Waals surface area (Å²) in [5.41, 5.74) is 1.55. The minimum atomic E-state index is -0.718. The summed E-state index contributed by atoms with van der Waals surface area (Å²) < 4.78 is 19.5. The van der Waals surface area contributed by atoms with Crippen molar-refractivity contribution in [3.05, 3.63) is 81.3 Å². The normalized spacial score (nSPS) is 14.4. The molecule has 1 aliphatic rings. The van der Waals surface area contributed by atoms with E-state index in [4.69, 9.17) is 4.74 Å². The predicted octanol–water partition coefficient (Wildman–Crippen LogP) is 5.26. The Balaban J connectivity index is 1.68. The molecule has 2 aromatic carbocycles. The highest BCUT2D eigenvalue weighted by Crippen LogP contribution is 2.39. The summed E-state index contributed by atoms with van der Waals surface area (Å²) in [4.78, 5) is 39.6. The first kappa shape index (κ1) is 21.3. The maximum atomic E-state index is 14.7. The van der Waals surface area contributed by atoms with Crippen LogP contribution in [0.1, 0.15) is 43.3 Å². The molecule has 2 amide bonds. The Kier molecular flexibility index (Phi) is 5.93. The number of ether oxygens (including phenoxy) is 1. The second-order valence-electron chi connectivity index (χ2n) is 6.95. The van der Waals surface area contributed by atoms with Crippen molar-refractivity contribution >= 4 is 46.6 Å². The Bertz CT molecular complexity index is 1180. The number of nitrogens with zero attached hydrogens (tertiary/aromatic N) is 1. The molecule has 0 saturated heterocycles. The molecule has 5 nitrogen and oxygen atoms in total. The second kappa shape index (κ2) is 8.64. The van der Waals surface area contributed by atoms with E-state index in [1.165, 1.54) is 31.0 Å². The molecule has 0 fully saturated rings. The number of methoxy groups -OCH3 is 1. The van der Waals surface area contributed by atoms with Crippen LogP contribution >= 0.6 is 23.1 Å². The molecule has 1 unspecified atom stereocenters. The number of hydrogen-bond acceptors (Lipinski definition) is 6. The molecule has 0 bridgehead atoms. The quantitative estimate of drug-likeness (QED) is 0.298. The molecule has 8 heteroatoms. The Hall–Kier alpha value is -2.97. The fourth-order valence-corrected chi connectivity index (χ4v) is 5.45. The number of carbonyl (C=O) groups is 3. The highest BCUT2D eigenvalue weighted by molar-refractivity contribution is 7.99.